The second kappa shape index (κ2) is 5.25. The highest BCUT2D eigenvalue weighted by Crippen LogP contribution is 2.21. The van der Waals surface area contributed by atoms with Crippen LogP contribution in [0.3, 0.4) is 0 Å². The Morgan fingerprint density at radius 3 is 2.83 bits per heavy atom. The highest BCUT2D eigenvalue weighted by Gasteiger charge is 2.33. The van der Waals surface area contributed by atoms with Crippen molar-refractivity contribution in [3.05, 3.63) is 23.7 Å². The van der Waals surface area contributed by atoms with Crippen LogP contribution in [0.5, 0.6) is 0 Å². The van der Waals surface area contributed by atoms with Crippen molar-refractivity contribution in [3.8, 4) is 0 Å². The number of rotatable bonds is 2. The van der Waals surface area contributed by atoms with Gasteiger partial charge in [-0.25, -0.2) is 4.79 Å². The molecular weight excluding hydrogens is 234 g/mol. The summed E-state index contributed by atoms with van der Waals surface area (Å²) < 4.78 is 9.89. The summed E-state index contributed by atoms with van der Waals surface area (Å²) in [6.45, 7) is 2.37. The Hall–Kier alpha value is -1.78. The molecule has 2 rings (SSSR count). The first-order chi connectivity index (χ1) is 8.63. The average molecular weight is 251 g/mol. The number of methoxy groups -OCH3 is 1. The van der Waals surface area contributed by atoms with E-state index in [0.29, 0.717) is 24.3 Å². The fourth-order valence-electron chi connectivity index (χ4n) is 2.28. The minimum atomic E-state index is -0.466. The van der Waals surface area contributed by atoms with Gasteiger partial charge in [0.2, 0.25) is 0 Å². The lowest BCUT2D eigenvalue weighted by molar-refractivity contribution is -0.147. The number of furan rings is 1. The molecule has 0 radical (unpaired) electrons. The zero-order chi connectivity index (χ0) is 13.1. The molecule has 1 amide bonds. The summed E-state index contributed by atoms with van der Waals surface area (Å²) in [5.41, 5.74) is 0.489. The van der Waals surface area contributed by atoms with Gasteiger partial charge in [0.05, 0.1) is 12.7 Å². The molecule has 2 heterocycles. The molecule has 1 atom stereocenters. The van der Waals surface area contributed by atoms with E-state index in [0.717, 1.165) is 12.8 Å². The van der Waals surface area contributed by atoms with E-state index in [9.17, 15) is 9.59 Å². The Kier molecular flexibility index (Phi) is 3.69. The molecule has 0 bridgehead atoms. The molecule has 1 aromatic rings. The van der Waals surface area contributed by atoms with Crippen molar-refractivity contribution in [1.29, 1.82) is 0 Å². The predicted molar refractivity (Wildman–Crippen MR) is 64.1 cm³/mol. The molecule has 98 valence electrons. The van der Waals surface area contributed by atoms with Crippen LogP contribution < -0.4 is 0 Å². The quantitative estimate of drug-likeness (QED) is 0.751. The number of amides is 1. The lowest BCUT2D eigenvalue weighted by Gasteiger charge is -2.33. The van der Waals surface area contributed by atoms with Gasteiger partial charge in [0, 0.05) is 6.54 Å². The minimum absolute atomic E-state index is 0.165. The van der Waals surface area contributed by atoms with E-state index in [-0.39, 0.29) is 11.9 Å². The topological polar surface area (TPSA) is 59.8 Å². The molecule has 0 aromatic carbocycles. The average Bonchev–Trinajstić information content (AvgIpc) is 2.83. The van der Waals surface area contributed by atoms with E-state index in [1.807, 2.05) is 0 Å². The third-order valence-corrected chi connectivity index (χ3v) is 3.21. The van der Waals surface area contributed by atoms with Gasteiger partial charge in [-0.3, -0.25) is 4.79 Å². The molecule has 0 spiro atoms. The van der Waals surface area contributed by atoms with Gasteiger partial charge < -0.3 is 14.1 Å². The van der Waals surface area contributed by atoms with Crippen molar-refractivity contribution in [2.24, 2.45) is 0 Å². The van der Waals surface area contributed by atoms with E-state index in [1.165, 1.54) is 13.4 Å². The zero-order valence-electron chi connectivity index (χ0n) is 10.6. The highest BCUT2D eigenvalue weighted by molar-refractivity contribution is 5.96. The lowest BCUT2D eigenvalue weighted by Crippen LogP contribution is -2.48. The largest absolute Gasteiger partial charge is 0.469 e. The van der Waals surface area contributed by atoms with Gasteiger partial charge in [-0.05, 0) is 32.3 Å². The van der Waals surface area contributed by atoms with Crippen LogP contribution in [0.25, 0.3) is 0 Å². The number of carbonyl (C=O) groups is 2. The number of carbonyl (C=O) groups excluding carboxylic acids is 2. The van der Waals surface area contributed by atoms with Crippen LogP contribution in [-0.2, 0) is 9.53 Å². The van der Waals surface area contributed by atoms with Crippen molar-refractivity contribution in [2.45, 2.75) is 32.2 Å². The first kappa shape index (κ1) is 12.7. The van der Waals surface area contributed by atoms with E-state index in [2.05, 4.69) is 0 Å². The Morgan fingerprint density at radius 2 is 2.22 bits per heavy atom. The fourth-order valence-corrected chi connectivity index (χ4v) is 2.28. The molecule has 0 N–H and O–H groups in total. The number of piperidine rings is 1. The summed E-state index contributed by atoms with van der Waals surface area (Å²) in [7, 11) is 1.35. The normalized spacial score (nSPS) is 19.7. The first-order valence-corrected chi connectivity index (χ1v) is 6.07. The summed E-state index contributed by atoms with van der Waals surface area (Å²) in [5.74, 6) is 0.176. The summed E-state index contributed by atoms with van der Waals surface area (Å²) in [5, 5.41) is 0. The molecule has 1 aliphatic heterocycles. The van der Waals surface area contributed by atoms with Crippen LogP contribution in [0.15, 0.2) is 16.7 Å². The Labute approximate surface area is 106 Å². The second-order valence-corrected chi connectivity index (χ2v) is 4.48. The number of ether oxygens (including phenoxy) is 1. The number of hydrogen-bond acceptors (Lipinski definition) is 4. The fraction of sp³-hybridized carbons (Fsp3) is 0.538. The summed E-state index contributed by atoms with van der Waals surface area (Å²) in [6, 6.07) is 1.22. The number of likely N-dealkylation sites (tertiary alicyclic amines) is 1. The number of esters is 1. The Bertz CT molecular complexity index is 452. The molecular formula is C13H17NO4. The molecule has 1 aromatic heterocycles. The van der Waals surface area contributed by atoms with Gasteiger partial charge in [-0.2, -0.15) is 0 Å². The molecule has 18 heavy (non-hydrogen) atoms. The first-order valence-electron chi connectivity index (χ1n) is 6.07. The van der Waals surface area contributed by atoms with Gasteiger partial charge in [0.1, 0.15) is 18.1 Å². The SMILES string of the molecule is COC(=O)[C@H]1CCCCN1C(=O)c1coc(C)c1. The van der Waals surface area contributed by atoms with Crippen LogP contribution in [0, 0.1) is 6.92 Å². The van der Waals surface area contributed by atoms with E-state index >= 15 is 0 Å². The maximum Gasteiger partial charge on any atom is 0.328 e. The monoisotopic (exact) mass is 251 g/mol. The molecule has 1 aliphatic rings. The van der Waals surface area contributed by atoms with E-state index < -0.39 is 6.04 Å². The van der Waals surface area contributed by atoms with Crippen molar-refractivity contribution in [2.75, 3.05) is 13.7 Å². The maximum atomic E-state index is 12.3. The van der Waals surface area contributed by atoms with Crippen LogP contribution in [0.4, 0.5) is 0 Å². The predicted octanol–water partition coefficient (Wildman–Crippen LogP) is 1.76. The molecule has 0 saturated carbocycles. The van der Waals surface area contributed by atoms with Gasteiger partial charge >= 0.3 is 5.97 Å². The number of aryl methyl sites for hydroxylation is 1. The van der Waals surface area contributed by atoms with Crippen LogP contribution in [-0.4, -0.2) is 36.5 Å². The third-order valence-electron chi connectivity index (χ3n) is 3.21. The van der Waals surface area contributed by atoms with Gasteiger partial charge in [-0.15, -0.1) is 0 Å². The van der Waals surface area contributed by atoms with Crippen molar-refractivity contribution in [1.82, 2.24) is 4.90 Å². The van der Waals surface area contributed by atoms with Crippen LogP contribution in [0.2, 0.25) is 0 Å². The summed E-state index contributed by atoms with van der Waals surface area (Å²) in [6.07, 6.45) is 3.94. The number of nitrogens with zero attached hydrogens (tertiary/aromatic N) is 1. The molecule has 5 nitrogen and oxygen atoms in total. The van der Waals surface area contributed by atoms with Crippen LogP contribution >= 0.6 is 0 Å². The maximum absolute atomic E-state index is 12.3. The third kappa shape index (κ3) is 2.39. The van der Waals surface area contributed by atoms with E-state index in [4.69, 9.17) is 9.15 Å². The second-order valence-electron chi connectivity index (χ2n) is 4.48. The standard InChI is InChI=1S/C13H17NO4/c1-9-7-10(8-18-9)12(15)14-6-4-3-5-11(14)13(16)17-2/h7-8,11H,3-6H2,1-2H3/t11-/m1/s1. The molecule has 1 fully saturated rings. The minimum Gasteiger partial charge on any atom is -0.469 e. The highest BCUT2D eigenvalue weighted by atomic mass is 16.5. The van der Waals surface area contributed by atoms with Gasteiger partial charge in [-0.1, -0.05) is 0 Å². The van der Waals surface area contributed by atoms with Crippen molar-refractivity contribution < 1.29 is 18.7 Å². The van der Waals surface area contributed by atoms with Crippen molar-refractivity contribution >= 4 is 11.9 Å². The Morgan fingerprint density at radius 1 is 1.44 bits per heavy atom. The summed E-state index contributed by atoms with van der Waals surface area (Å²) in [4.78, 5) is 25.6. The van der Waals surface area contributed by atoms with Crippen molar-refractivity contribution in [3.63, 3.8) is 0 Å². The smallest absolute Gasteiger partial charge is 0.328 e. The molecule has 0 unspecified atom stereocenters. The molecule has 5 heteroatoms. The Balaban J connectivity index is 2.18. The van der Waals surface area contributed by atoms with E-state index in [1.54, 1.807) is 17.9 Å². The lowest BCUT2D eigenvalue weighted by atomic mass is 10.0. The van der Waals surface area contributed by atoms with Crippen LogP contribution in [0.1, 0.15) is 35.4 Å². The molecule has 0 aliphatic carbocycles. The zero-order valence-corrected chi connectivity index (χ0v) is 10.6. The van der Waals surface area contributed by atoms with Gasteiger partial charge in [0.25, 0.3) is 5.91 Å². The molecule has 1 saturated heterocycles. The van der Waals surface area contributed by atoms with Gasteiger partial charge in [0.15, 0.2) is 0 Å². The summed E-state index contributed by atoms with van der Waals surface area (Å²) >= 11 is 0. The number of hydrogen-bond donors (Lipinski definition) is 0.